The average Bonchev–Trinajstić information content (AvgIpc) is 1.82. The Morgan fingerprint density at radius 1 is 1.31 bits per heavy atom. The molecule has 0 rings (SSSR count). The molecule has 0 radical (unpaired) electrons. The van der Waals surface area contributed by atoms with Crippen molar-refractivity contribution in [1.82, 2.24) is 0 Å². The van der Waals surface area contributed by atoms with Crippen molar-refractivity contribution in [1.29, 1.82) is 0 Å². The molecule has 0 saturated carbocycles. The molecule has 0 aromatic heterocycles. The lowest BCUT2D eigenvalue weighted by atomic mass is 10.7. The van der Waals surface area contributed by atoms with E-state index in [0.29, 0.717) is 0 Å². The first-order valence-electron chi connectivity index (χ1n) is 3.91. The third kappa shape index (κ3) is 7.34. The Labute approximate surface area is 82.2 Å². The molecule has 0 heterocycles. The summed E-state index contributed by atoms with van der Waals surface area (Å²) in [6, 6.07) is 0. The van der Waals surface area contributed by atoms with Gasteiger partial charge in [0.1, 0.15) is 6.61 Å². The van der Waals surface area contributed by atoms with E-state index in [1.807, 2.05) is 19.6 Å². The Hall–Kier alpha value is 0.257. The highest BCUT2D eigenvalue weighted by molar-refractivity contribution is 6.83. The molecule has 0 aromatic rings. The quantitative estimate of drug-likeness (QED) is 0.537. The van der Waals surface area contributed by atoms with Crippen LogP contribution >= 0.6 is 11.6 Å². The maximum absolute atomic E-state index is 11.6. The highest BCUT2D eigenvalue weighted by Crippen LogP contribution is 2.18. The fourth-order valence-electron chi connectivity index (χ4n) is 0.528. The number of alkyl halides is 4. The number of rotatable bonds is 4. The summed E-state index contributed by atoms with van der Waals surface area (Å²) in [5, 5.41) is -0.269. The van der Waals surface area contributed by atoms with E-state index in [4.69, 9.17) is 11.6 Å². The zero-order valence-corrected chi connectivity index (χ0v) is 9.67. The van der Waals surface area contributed by atoms with E-state index < -0.39 is 20.9 Å². The Balaban J connectivity index is 3.67. The summed E-state index contributed by atoms with van der Waals surface area (Å²) in [4.78, 5) is 0. The van der Waals surface area contributed by atoms with Gasteiger partial charge in [0.15, 0.2) is 0 Å². The van der Waals surface area contributed by atoms with Crippen LogP contribution in [0, 0.1) is 0 Å². The van der Waals surface area contributed by atoms with Crippen LogP contribution in [-0.2, 0) is 4.74 Å². The van der Waals surface area contributed by atoms with Gasteiger partial charge in [0, 0.05) is 5.00 Å². The largest absolute Gasteiger partial charge is 0.411 e. The molecule has 0 aliphatic carbocycles. The van der Waals surface area contributed by atoms with E-state index in [1.54, 1.807) is 0 Å². The van der Waals surface area contributed by atoms with Gasteiger partial charge in [-0.3, -0.25) is 0 Å². The first kappa shape index (κ1) is 13.3. The molecule has 6 heteroatoms. The minimum atomic E-state index is -4.25. The summed E-state index contributed by atoms with van der Waals surface area (Å²) in [5.41, 5.74) is 0. The molecule has 1 unspecified atom stereocenters. The topological polar surface area (TPSA) is 9.23 Å². The van der Waals surface area contributed by atoms with Gasteiger partial charge in [-0.05, 0) is 0 Å². The lowest BCUT2D eigenvalue weighted by molar-refractivity contribution is -0.173. The highest BCUT2D eigenvalue weighted by atomic mass is 35.5. The van der Waals surface area contributed by atoms with E-state index >= 15 is 0 Å². The fourth-order valence-corrected chi connectivity index (χ4v) is 1.24. The Morgan fingerprint density at radius 3 is 2.08 bits per heavy atom. The molecule has 0 saturated heterocycles. The van der Waals surface area contributed by atoms with E-state index in [-0.39, 0.29) is 11.6 Å². The third-order valence-corrected chi connectivity index (χ3v) is 5.61. The van der Waals surface area contributed by atoms with Gasteiger partial charge >= 0.3 is 6.18 Å². The van der Waals surface area contributed by atoms with Gasteiger partial charge in [-0.1, -0.05) is 19.6 Å². The van der Waals surface area contributed by atoms with Crippen LogP contribution < -0.4 is 0 Å². The van der Waals surface area contributed by atoms with Crippen molar-refractivity contribution in [2.75, 3.05) is 13.2 Å². The molecular formula is C7H14ClF3OSi. The molecule has 0 spiro atoms. The number of hydrogen-bond acceptors (Lipinski definition) is 1. The van der Waals surface area contributed by atoms with Gasteiger partial charge in [-0.25, -0.2) is 0 Å². The van der Waals surface area contributed by atoms with Crippen LogP contribution in [0.3, 0.4) is 0 Å². The van der Waals surface area contributed by atoms with Crippen LogP contribution in [0.4, 0.5) is 13.2 Å². The van der Waals surface area contributed by atoms with Gasteiger partial charge in [0.25, 0.3) is 0 Å². The molecule has 1 nitrogen and oxygen atoms in total. The van der Waals surface area contributed by atoms with Crippen LogP contribution in [0.15, 0.2) is 0 Å². The predicted molar refractivity (Wildman–Crippen MR) is 49.9 cm³/mol. The van der Waals surface area contributed by atoms with Crippen molar-refractivity contribution in [3.63, 3.8) is 0 Å². The van der Waals surface area contributed by atoms with Gasteiger partial charge in [-0.2, -0.15) is 13.2 Å². The summed E-state index contributed by atoms with van der Waals surface area (Å²) >= 11 is 5.86. The first-order chi connectivity index (χ1) is 5.63. The van der Waals surface area contributed by atoms with Gasteiger partial charge in [-0.15, -0.1) is 11.6 Å². The van der Waals surface area contributed by atoms with Crippen molar-refractivity contribution in [3.8, 4) is 0 Å². The van der Waals surface area contributed by atoms with Crippen LogP contribution in [0.5, 0.6) is 0 Å². The molecule has 0 aliphatic heterocycles. The van der Waals surface area contributed by atoms with Crippen LogP contribution in [0.25, 0.3) is 0 Å². The van der Waals surface area contributed by atoms with E-state index in [1.165, 1.54) is 0 Å². The van der Waals surface area contributed by atoms with E-state index in [2.05, 4.69) is 4.74 Å². The van der Waals surface area contributed by atoms with E-state index in [0.717, 1.165) is 0 Å². The maximum atomic E-state index is 11.6. The fraction of sp³-hybridized carbons (Fsp3) is 1.00. The maximum Gasteiger partial charge on any atom is 0.411 e. The summed E-state index contributed by atoms with van der Waals surface area (Å²) in [7, 11) is -1.58. The van der Waals surface area contributed by atoms with E-state index in [9.17, 15) is 13.2 Å². The minimum Gasteiger partial charge on any atom is -0.371 e. The van der Waals surface area contributed by atoms with Crippen molar-refractivity contribution in [2.24, 2.45) is 0 Å². The van der Waals surface area contributed by atoms with Crippen LogP contribution in [0.2, 0.25) is 19.6 Å². The lowest BCUT2D eigenvalue weighted by Crippen LogP contribution is -2.38. The number of ether oxygens (including phenoxy) is 1. The third-order valence-electron chi connectivity index (χ3n) is 1.47. The zero-order chi connectivity index (χ0) is 10.7. The Bertz CT molecular complexity index is 155. The lowest BCUT2D eigenvalue weighted by Gasteiger charge is -2.22. The van der Waals surface area contributed by atoms with Gasteiger partial charge in [0.2, 0.25) is 0 Å². The zero-order valence-electron chi connectivity index (χ0n) is 7.91. The molecule has 0 bridgehead atoms. The Morgan fingerprint density at radius 2 is 1.77 bits per heavy atom. The second kappa shape index (κ2) is 4.66. The minimum absolute atomic E-state index is 0.0171. The van der Waals surface area contributed by atoms with Crippen LogP contribution in [-0.4, -0.2) is 32.5 Å². The van der Waals surface area contributed by atoms with Crippen molar-refractivity contribution in [3.05, 3.63) is 0 Å². The number of hydrogen-bond donors (Lipinski definition) is 0. The monoisotopic (exact) mass is 234 g/mol. The molecule has 1 atom stereocenters. The first-order valence-corrected chi connectivity index (χ1v) is 7.93. The smallest absolute Gasteiger partial charge is 0.371 e. The molecule has 13 heavy (non-hydrogen) atoms. The molecule has 0 aromatic carbocycles. The van der Waals surface area contributed by atoms with Gasteiger partial charge in [0.05, 0.1) is 14.7 Å². The second-order valence-electron chi connectivity index (χ2n) is 3.96. The van der Waals surface area contributed by atoms with Crippen molar-refractivity contribution >= 4 is 19.7 Å². The highest BCUT2D eigenvalue weighted by Gasteiger charge is 2.30. The molecule has 0 aliphatic rings. The standard InChI is InChI=1S/C7H14ClF3OSi/c1-13(2,3)6(8)4-12-5-7(9,10)11/h6H,4-5H2,1-3H3. The van der Waals surface area contributed by atoms with Gasteiger partial charge < -0.3 is 4.74 Å². The molecule has 80 valence electrons. The average molecular weight is 235 g/mol. The summed E-state index contributed by atoms with van der Waals surface area (Å²) in [6.07, 6.45) is -4.25. The number of halogens is 4. The molecule has 0 N–H and O–H groups in total. The predicted octanol–water partition coefficient (Wildman–Crippen LogP) is 3.05. The molecule has 0 amide bonds. The van der Waals surface area contributed by atoms with Crippen molar-refractivity contribution < 1.29 is 17.9 Å². The molecular weight excluding hydrogens is 221 g/mol. The second-order valence-corrected chi connectivity index (χ2v) is 10.3. The summed E-state index contributed by atoms with van der Waals surface area (Å²) in [6.45, 7) is 4.74. The SMILES string of the molecule is C[Si](C)(C)C(Cl)COCC(F)(F)F. The Kier molecular flexibility index (Phi) is 4.75. The summed E-state index contributed by atoms with van der Waals surface area (Å²) in [5.74, 6) is 0. The van der Waals surface area contributed by atoms with Crippen molar-refractivity contribution in [2.45, 2.75) is 30.8 Å². The normalized spacial score (nSPS) is 15.9. The molecule has 0 fully saturated rings. The van der Waals surface area contributed by atoms with Crippen LogP contribution in [0.1, 0.15) is 0 Å². The summed E-state index contributed by atoms with van der Waals surface area (Å²) < 4.78 is 39.4.